The van der Waals surface area contributed by atoms with E-state index in [0.717, 1.165) is 24.5 Å². The highest BCUT2D eigenvalue weighted by Gasteiger charge is 2.16. The van der Waals surface area contributed by atoms with Crippen molar-refractivity contribution in [3.05, 3.63) is 67.4 Å². The molecule has 0 saturated heterocycles. The summed E-state index contributed by atoms with van der Waals surface area (Å²) >= 11 is 0. The number of likely N-dealkylation sites (N-methyl/N-ethyl adjacent to an activating group) is 2. The van der Waals surface area contributed by atoms with Gasteiger partial charge in [0, 0.05) is 38.1 Å². The molecule has 1 amide bonds. The number of amides is 1. The first kappa shape index (κ1) is 24.5. The Balaban J connectivity index is 1.91. The third kappa shape index (κ3) is 6.69. The molecule has 3 aromatic rings. The van der Waals surface area contributed by atoms with E-state index in [9.17, 15) is 4.79 Å². The first-order valence-corrected chi connectivity index (χ1v) is 10.8. The number of hydrogen-bond acceptors (Lipinski definition) is 8. The fourth-order valence-corrected chi connectivity index (χ4v) is 3.18. The molecule has 0 aliphatic heterocycles. The Kier molecular flexibility index (Phi) is 8.42. The molecule has 3 N–H and O–H groups in total. The summed E-state index contributed by atoms with van der Waals surface area (Å²) in [6.07, 6.45) is 2.90. The molecule has 2 aromatic carbocycles. The first-order chi connectivity index (χ1) is 16.4. The van der Waals surface area contributed by atoms with Crippen LogP contribution in [0.1, 0.15) is 0 Å². The minimum absolute atomic E-state index is 0.302. The largest absolute Gasteiger partial charge is 0.494 e. The quantitative estimate of drug-likeness (QED) is 0.368. The highest BCUT2D eigenvalue weighted by molar-refractivity contribution is 6.02. The zero-order chi connectivity index (χ0) is 24.5. The van der Waals surface area contributed by atoms with E-state index in [-0.39, 0.29) is 5.91 Å². The second kappa shape index (κ2) is 11.7. The molecule has 1 aromatic heterocycles. The van der Waals surface area contributed by atoms with E-state index in [4.69, 9.17) is 4.74 Å². The summed E-state index contributed by atoms with van der Waals surface area (Å²) in [5, 5.41) is 9.35. The number of anilines is 6. The zero-order valence-corrected chi connectivity index (χ0v) is 20.0. The van der Waals surface area contributed by atoms with Gasteiger partial charge in [-0.15, -0.1) is 0 Å². The summed E-state index contributed by atoms with van der Waals surface area (Å²) in [5.74, 6) is 1.31. The van der Waals surface area contributed by atoms with Gasteiger partial charge in [-0.05, 0) is 44.4 Å². The fourth-order valence-electron chi connectivity index (χ4n) is 3.18. The number of aromatic nitrogens is 2. The van der Waals surface area contributed by atoms with Gasteiger partial charge in [-0.2, -0.15) is 4.98 Å². The summed E-state index contributed by atoms with van der Waals surface area (Å²) in [6.45, 7) is 5.17. The van der Waals surface area contributed by atoms with Gasteiger partial charge in [0.1, 0.15) is 11.6 Å². The van der Waals surface area contributed by atoms with Crippen molar-refractivity contribution < 1.29 is 9.53 Å². The Morgan fingerprint density at radius 3 is 2.50 bits per heavy atom. The van der Waals surface area contributed by atoms with Gasteiger partial charge in [0.05, 0.1) is 24.2 Å². The van der Waals surface area contributed by atoms with Crippen molar-refractivity contribution in [2.75, 3.05) is 62.2 Å². The maximum absolute atomic E-state index is 12.1. The molecule has 0 saturated carbocycles. The average Bonchev–Trinajstić information content (AvgIpc) is 2.83. The Bertz CT molecular complexity index is 1120. The normalized spacial score (nSPS) is 10.5. The lowest BCUT2D eigenvalue weighted by Crippen LogP contribution is -2.29. The van der Waals surface area contributed by atoms with Crippen LogP contribution in [0.3, 0.4) is 0 Å². The molecule has 0 aliphatic carbocycles. The summed E-state index contributed by atoms with van der Waals surface area (Å²) in [6, 6.07) is 15.2. The topological polar surface area (TPSA) is 94.6 Å². The molecule has 34 heavy (non-hydrogen) atoms. The van der Waals surface area contributed by atoms with Gasteiger partial charge >= 0.3 is 0 Å². The maximum atomic E-state index is 12.1. The van der Waals surface area contributed by atoms with Gasteiger partial charge < -0.3 is 30.5 Å². The lowest BCUT2D eigenvalue weighted by molar-refractivity contribution is -0.111. The predicted molar refractivity (Wildman–Crippen MR) is 139 cm³/mol. The molecule has 178 valence electrons. The second-order valence-corrected chi connectivity index (χ2v) is 7.87. The number of nitrogens with one attached hydrogen (secondary N) is 3. The van der Waals surface area contributed by atoms with Crippen LogP contribution in [0.4, 0.5) is 34.5 Å². The summed E-state index contributed by atoms with van der Waals surface area (Å²) in [7, 11) is 7.60. The zero-order valence-electron chi connectivity index (χ0n) is 20.0. The molecule has 9 nitrogen and oxygen atoms in total. The third-order valence-electron chi connectivity index (χ3n) is 5.00. The van der Waals surface area contributed by atoms with Gasteiger partial charge in [0.15, 0.2) is 0 Å². The molecule has 1 heterocycles. The fraction of sp³-hybridized carbons (Fsp3) is 0.240. The Morgan fingerprint density at radius 1 is 1.06 bits per heavy atom. The molecule has 0 spiro atoms. The number of carbonyl (C=O) groups is 1. The Labute approximate surface area is 200 Å². The third-order valence-corrected chi connectivity index (χ3v) is 5.00. The number of para-hydroxylation sites is 1. The van der Waals surface area contributed by atoms with E-state index in [2.05, 4.69) is 42.3 Å². The van der Waals surface area contributed by atoms with Crippen LogP contribution in [0.5, 0.6) is 5.75 Å². The van der Waals surface area contributed by atoms with Crippen molar-refractivity contribution in [3.63, 3.8) is 0 Å². The lowest BCUT2D eigenvalue weighted by Gasteiger charge is -2.26. The van der Waals surface area contributed by atoms with E-state index >= 15 is 0 Å². The molecular weight excluding hydrogens is 430 g/mol. The average molecular weight is 462 g/mol. The number of methoxy groups -OCH3 is 1. The molecule has 0 unspecified atom stereocenters. The number of ether oxygens (including phenoxy) is 1. The Hall–Kier alpha value is -4.11. The standard InChI is InChI=1S/C25H31N7O2/c1-6-24(33)28-19-16-20(22(34-5)17-21(19)32(4)15-14-31(2)3)29-25-26-13-12-23(30-25)27-18-10-8-7-9-11-18/h6-13,16-17H,1,14-15H2,2-5H3,(H,28,33)(H2,26,27,29,30). The van der Waals surface area contributed by atoms with Crippen molar-refractivity contribution in [1.82, 2.24) is 14.9 Å². The summed E-state index contributed by atoms with van der Waals surface area (Å²) in [4.78, 5) is 25.2. The number of carbonyl (C=O) groups excluding carboxylic acids is 1. The van der Waals surface area contributed by atoms with E-state index in [0.29, 0.717) is 28.9 Å². The van der Waals surface area contributed by atoms with Gasteiger partial charge in [-0.3, -0.25) is 4.79 Å². The van der Waals surface area contributed by atoms with Crippen LogP contribution in [0.15, 0.2) is 67.4 Å². The SMILES string of the molecule is C=CC(=O)Nc1cc(Nc2nccc(Nc3ccccc3)n2)c(OC)cc1N(C)CCN(C)C. The highest BCUT2D eigenvalue weighted by Crippen LogP contribution is 2.38. The van der Waals surface area contributed by atoms with Gasteiger partial charge in [0.2, 0.25) is 11.9 Å². The minimum atomic E-state index is -0.302. The van der Waals surface area contributed by atoms with Crippen LogP contribution in [0, 0.1) is 0 Å². The van der Waals surface area contributed by atoms with Crippen LogP contribution in [0.2, 0.25) is 0 Å². The predicted octanol–water partition coefficient (Wildman–Crippen LogP) is 4.09. The second-order valence-electron chi connectivity index (χ2n) is 7.87. The first-order valence-electron chi connectivity index (χ1n) is 10.8. The number of nitrogens with zero attached hydrogens (tertiary/aromatic N) is 4. The molecule has 0 fully saturated rings. The molecule has 9 heteroatoms. The van der Waals surface area contributed by atoms with E-state index < -0.39 is 0 Å². The van der Waals surface area contributed by atoms with Crippen molar-refractivity contribution in [2.24, 2.45) is 0 Å². The van der Waals surface area contributed by atoms with Gasteiger partial charge in [0.25, 0.3) is 0 Å². The van der Waals surface area contributed by atoms with Crippen LogP contribution >= 0.6 is 0 Å². The van der Waals surface area contributed by atoms with Crippen LogP contribution in [-0.2, 0) is 4.79 Å². The number of rotatable bonds is 11. The van der Waals surface area contributed by atoms with Crippen molar-refractivity contribution in [3.8, 4) is 5.75 Å². The van der Waals surface area contributed by atoms with E-state index in [1.54, 1.807) is 19.4 Å². The molecule has 0 atom stereocenters. The van der Waals surface area contributed by atoms with Crippen LogP contribution in [-0.4, -0.2) is 62.1 Å². The van der Waals surface area contributed by atoms with Crippen LogP contribution in [0.25, 0.3) is 0 Å². The number of hydrogen-bond donors (Lipinski definition) is 3. The summed E-state index contributed by atoms with van der Waals surface area (Å²) in [5.41, 5.74) is 2.97. The van der Waals surface area contributed by atoms with Crippen LogP contribution < -0.4 is 25.6 Å². The monoisotopic (exact) mass is 461 g/mol. The summed E-state index contributed by atoms with van der Waals surface area (Å²) < 4.78 is 5.64. The molecule has 0 aliphatic rings. The van der Waals surface area contributed by atoms with Crippen molar-refractivity contribution in [2.45, 2.75) is 0 Å². The van der Waals surface area contributed by atoms with E-state index in [1.807, 2.05) is 63.6 Å². The molecular formula is C25H31N7O2. The van der Waals surface area contributed by atoms with Crippen molar-refractivity contribution in [1.29, 1.82) is 0 Å². The molecule has 3 rings (SSSR count). The minimum Gasteiger partial charge on any atom is -0.494 e. The molecule has 0 bridgehead atoms. The maximum Gasteiger partial charge on any atom is 0.247 e. The van der Waals surface area contributed by atoms with E-state index in [1.165, 1.54) is 6.08 Å². The van der Waals surface area contributed by atoms with Crippen molar-refractivity contribution >= 4 is 40.4 Å². The smallest absolute Gasteiger partial charge is 0.247 e. The number of benzene rings is 2. The molecule has 0 radical (unpaired) electrons. The lowest BCUT2D eigenvalue weighted by atomic mass is 10.2. The Morgan fingerprint density at radius 2 is 1.82 bits per heavy atom. The van der Waals surface area contributed by atoms with Gasteiger partial charge in [-0.25, -0.2) is 4.98 Å². The van der Waals surface area contributed by atoms with Gasteiger partial charge in [-0.1, -0.05) is 24.8 Å². The highest BCUT2D eigenvalue weighted by atomic mass is 16.5.